The number of ether oxygens (including phenoxy) is 1. The van der Waals surface area contributed by atoms with Crippen LogP contribution >= 0.6 is 0 Å². The van der Waals surface area contributed by atoms with Gasteiger partial charge in [-0.2, -0.15) is 13.2 Å². The summed E-state index contributed by atoms with van der Waals surface area (Å²) in [6.07, 6.45) is -5.38. The zero-order valence-corrected chi connectivity index (χ0v) is 14.1. The zero-order valence-electron chi connectivity index (χ0n) is 14.1. The first-order valence-corrected chi connectivity index (χ1v) is 8.19. The minimum Gasteiger partial charge on any atom is -0.388 e. The van der Waals surface area contributed by atoms with Crippen LogP contribution in [0.2, 0.25) is 0 Å². The highest BCUT2D eigenvalue weighted by molar-refractivity contribution is 5.94. The molecule has 1 fully saturated rings. The second-order valence-electron chi connectivity index (χ2n) is 6.06. The molecule has 0 bridgehead atoms. The molecule has 1 heterocycles. The van der Waals surface area contributed by atoms with Crippen molar-refractivity contribution in [1.29, 1.82) is 0 Å². The molecule has 0 aliphatic carbocycles. The molecule has 27 heavy (non-hydrogen) atoms. The summed E-state index contributed by atoms with van der Waals surface area (Å²) in [6.45, 7) is 0.285. The van der Waals surface area contributed by atoms with Gasteiger partial charge in [0.2, 0.25) is 0 Å². The molecule has 140 valence electrons. The Morgan fingerprint density at radius 1 is 1.15 bits per heavy atom. The summed E-state index contributed by atoms with van der Waals surface area (Å²) in [4.78, 5) is 11.8. The van der Waals surface area contributed by atoms with Gasteiger partial charge >= 0.3 is 6.18 Å². The molecule has 2 atom stereocenters. The molecule has 1 amide bonds. The summed E-state index contributed by atoms with van der Waals surface area (Å²) >= 11 is 0. The summed E-state index contributed by atoms with van der Waals surface area (Å²) in [5, 5.41) is 12.0. The van der Waals surface area contributed by atoms with Gasteiger partial charge in [0.25, 0.3) is 5.91 Å². The van der Waals surface area contributed by atoms with Gasteiger partial charge in [0.15, 0.2) is 0 Å². The van der Waals surface area contributed by atoms with Crippen LogP contribution in [0.1, 0.15) is 11.1 Å². The van der Waals surface area contributed by atoms with E-state index in [-0.39, 0.29) is 24.3 Å². The van der Waals surface area contributed by atoms with Gasteiger partial charge in [-0.1, -0.05) is 42.3 Å². The van der Waals surface area contributed by atoms with Gasteiger partial charge in [-0.3, -0.25) is 4.79 Å². The third-order valence-corrected chi connectivity index (χ3v) is 4.10. The fraction of sp³-hybridized carbons (Fsp3) is 0.250. The Morgan fingerprint density at radius 2 is 1.89 bits per heavy atom. The molecule has 1 saturated heterocycles. The summed E-state index contributed by atoms with van der Waals surface area (Å²) in [5.74, 6) is 4.00. The summed E-state index contributed by atoms with van der Waals surface area (Å²) < 4.78 is 45.4. The molecule has 2 aromatic carbocycles. The maximum absolute atomic E-state index is 13.5. The average Bonchev–Trinajstić information content (AvgIpc) is 3.04. The average molecular weight is 375 g/mol. The third kappa shape index (κ3) is 4.67. The topological polar surface area (TPSA) is 58.6 Å². The van der Waals surface area contributed by atoms with Crippen molar-refractivity contribution < 1.29 is 27.8 Å². The van der Waals surface area contributed by atoms with Crippen LogP contribution in [-0.4, -0.2) is 36.4 Å². The monoisotopic (exact) mass is 375 g/mol. The maximum atomic E-state index is 13.5. The highest BCUT2D eigenvalue weighted by Crippen LogP contribution is 2.37. The Labute approximate surface area is 154 Å². The first kappa shape index (κ1) is 19.0. The fourth-order valence-electron chi connectivity index (χ4n) is 2.74. The lowest BCUT2D eigenvalue weighted by Crippen LogP contribution is -2.41. The second-order valence-corrected chi connectivity index (χ2v) is 6.06. The summed E-state index contributed by atoms with van der Waals surface area (Å²) in [5.41, 5.74) is -0.262. The van der Waals surface area contributed by atoms with E-state index in [9.17, 15) is 23.1 Å². The molecule has 4 nitrogen and oxygen atoms in total. The Kier molecular flexibility index (Phi) is 5.49. The van der Waals surface area contributed by atoms with Crippen LogP contribution in [0, 0.1) is 11.8 Å². The van der Waals surface area contributed by atoms with Crippen molar-refractivity contribution in [2.24, 2.45) is 0 Å². The molecule has 0 radical (unpaired) electrons. The normalized spacial score (nSPS) is 19.3. The number of aliphatic hydroxyl groups excluding tert-OH is 1. The van der Waals surface area contributed by atoms with E-state index in [1.54, 1.807) is 30.3 Å². The van der Waals surface area contributed by atoms with Crippen LogP contribution in [-0.2, 0) is 15.7 Å². The number of carbonyl (C=O) groups is 1. The highest BCUT2D eigenvalue weighted by Gasteiger charge is 2.34. The van der Waals surface area contributed by atoms with Gasteiger partial charge in [-0.05, 0) is 23.3 Å². The van der Waals surface area contributed by atoms with Gasteiger partial charge in [-0.25, -0.2) is 0 Å². The van der Waals surface area contributed by atoms with E-state index in [2.05, 4.69) is 17.2 Å². The molecule has 3 rings (SSSR count). The van der Waals surface area contributed by atoms with Crippen molar-refractivity contribution >= 4 is 5.91 Å². The van der Waals surface area contributed by atoms with Gasteiger partial charge < -0.3 is 15.2 Å². The molecule has 0 spiro atoms. The Hall–Kier alpha value is -2.82. The van der Waals surface area contributed by atoms with E-state index >= 15 is 0 Å². The van der Waals surface area contributed by atoms with E-state index in [1.807, 2.05) is 0 Å². The smallest absolute Gasteiger partial charge is 0.388 e. The van der Waals surface area contributed by atoms with Crippen LogP contribution in [0.15, 0.2) is 48.5 Å². The number of hydrogen-bond donors (Lipinski definition) is 2. The molecule has 0 aromatic heterocycles. The minimum absolute atomic E-state index is 0.0457. The highest BCUT2D eigenvalue weighted by atomic mass is 19.4. The van der Waals surface area contributed by atoms with Gasteiger partial charge in [0.1, 0.15) is 0 Å². The Balaban J connectivity index is 1.84. The Morgan fingerprint density at radius 3 is 2.52 bits per heavy atom. The van der Waals surface area contributed by atoms with Crippen LogP contribution in [0.3, 0.4) is 0 Å². The first-order valence-electron chi connectivity index (χ1n) is 8.19. The first-order chi connectivity index (χ1) is 12.8. The number of benzene rings is 2. The van der Waals surface area contributed by atoms with E-state index < -0.39 is 29.8 Å². The molecular formula is C20H16F3NO3. The second kappa shape index (κ2) is 7.82. The van der Waals surface area contributed by atoms with Gasteiger partial charge in [0.05, 0.1) is 30.9 Å². The molecule has 1 aliphatic heterocycles. The zero-order chi connectivity index (χ0) is 19.4. The number of carbonyl (C=O) groups excluding carboxylic acids is 1. The predicted molar refractivity (Wildman–Crippen MR) is 92.5 cm³/mol. The van der Waals surface area contributed by atoms with Crippen molar-refractivity contribution in [2.45, 2.75) is 18.3 Å². The SMILES string of the molecule is O=C(C#Cc1ccc(-c2ccccc2)c(C(F)(F)F)c1)N[C@@H]1COC[C@@H]1O. The lowest BCUT2D eigenvalue weighted by Gasteiger charge is -2.13. The molecule has 7 heteroatoms. The van der Waals surface area contributed by atoms with Crippen molar-refractivity contribution in [3.8, 4) is 23.0 Å². The number of amides is 1. The summed E-state index contributed by atoms with van der Waals surface area (Å²) in [7, 11) is 0. The van der Waals surface area contributed by atoms with Crippen molar-refractivity contribution in [3.05, 3.63) is 59.7 Å². The maximum Gasteiger partial charge on any atom is 0.417 e. The van der Waals surface area contributed by atoms with Crippen LogP contribution in [0.5, 0.6) is 0 Å². The molecule has 0 unspecified atom stereocenters. The molecule has 2 N–H and O–H groups in total. The lowest BCUT2D eigenvalue weighted by molar-refractivity contribution is -0.137. The van der Waals surface area contributed by atoms with Crippen molar-refractivity contribution in [3.63, 3.8) is 0 Å². The fourth-order valence-corrected chi connectivity index (χ4v) is 2.74. The molecular weight excluding hydrogens is 359 g/mol. The Bertz CT molecular complexity index is 885. The molecule has 2 aromatic rings. The number of alkyl halides is 3. The van der Waals surface area contributed by atoms with E-state index in [4.69, 9.17) is 4.74 Å². The van der Waals surface area contributed by atoms with Gasteiger partial charge in [-0.15, -0.1) is 0 Å². The quantitative estimate of drug-likeness (QED) is 0.794. The number of aliphatic hydroxyl groups is 1. The van der Waals surface area contributed by atoms with E-state index in [1.165, 1.54) is 12.1 Å². The van der Waals surface area contributed by atoms with Gasteiger partial charge in [0, 0.05) is 11.5 Å². The number of hydrogen-bond acceptors (Lipinski definition) is 3. The largest absolute Gasteiger partial charge is 0.417 e. The lowest BCUT2D eigenvalue weighted by atomic mass is 9.97. The number of nitrogens with one attached hydrogen (secondary N) is 1. The number of halogens is 3. The predicted octanol–water partition coefficient (Wildman–Crippen LogP) is 2.60. The minimum atomic E-state index is -4.56. The van der Waals surface area contributed by atoms with Crippen molar-refractivity contribution in [1.82, 2.24) is 5.32 Å². The van der Waals surface area contributed by atoms with Crippen LogP contribution < -0.4 is 5.32 Å². The van der Waals surface area contributed by atoms with E-state index in [0.29, 0.717) is 5.56 Å². The molecule has 1 aliphatic rings. The van der Waals surface area contributed by atoms with Crippen LogP contribution in [0.4, 0.5) is 13.2 Å². The molecule has 0 saturated carbocycles. The standard InChI is InChI=1S/C20H16F3NO3/c21-20(22,23)16-10-13(6-8-15(16)14-4-2-1-3-5-14)7-9-19(26)24-17-11-27-12-18(17)25/h1-6,8,10,17-18,25H,11-12H2,(H,24,26)/t17-,18+/m1/s1. The van der Waals surface area contributed by atoms with Crippen LogP contribution in [0.25, 0.3) is 11.1 Å². The van der Waals surface area contributed by atoms with Crippen molar-refractivity contribution in [2.75, 3.05) is 13.2 Å². The summed E-state index contributed by atoms with van der Waals surface area (Å²) in [6, 6.07) is 11.4. The third-order valence-electron chi connectivity index (χ3n) is 4.10. The number of rotatable bonds is 2. The van der Waals surface area contributed by atoms with E-state index in [0.717, 1.165) is 6.07 Å².